The number of nitrogens with two attached hydrogens (primary N) is 2. The summed E-state index contributed by atoms with van der Waals surface area (Å²) in [5.41, 5.74) is 14.8. The Labute approximate surface area is 223 Å². The summed E-state index contributed by atoms with van der Waals surface area (Å²) < 4.78 is 14.5. The Bertz CT molecular complexity index is 1330. The molecule has 4 N–H and O–H groups in total. The van der Waals surface area contributed by atoms with Crippen molar-refractivity contribution in [2.24, 2.45) is 11.7 Å². The van der Waals surface area contributed by atoms with Crippen molar-refractivity contribution in [3.63, 3.8) is 0 Å². The molecule has 6 rings (SSSR count). The lowest BCUT2D eigenvalue weighted by molar-refractivity contribution is -0.122. The van der Waals surface area contributed by atoms with Crippen molar-refractivity contribution in [2.45, 2.75) is 76.2 Å². The van der Waals surface area contributed by atoms with Crippen molar-refractivity contribution in [3.8, 4) is 16.9 Å². The number of primary amides is 1. The fourth-order valence-electron chi connectivity index (χ4n) is 6.52. The third kappa shape index (κ3) is 4.85. The highest BCUT2D eigenvalue weighted by atomic mass is 16.6. The van der Waals surface area contributed by atoms with E-state index in [2.05, 4.69) is 51.6 Å². The number of nitrogen functional groups attached to an aromatic ring is 1. The molecule has 1 aromatic carbocycles. The average Bonchev–Trinajstić information content (AvgIpc) is 3.57. The Hall–Kier alpha value is -3.17. The monoisotopic (exact) mass is 518 g/mol. The van der Waals surface area contributed by atoms with Gasteiger partial charge in [0.25, 0.3) is 0 Å². The van der Waals surface area contributed by atoms with Crippen LogP contribution in [-0.2, 0) is 9.53 Å². The highest BCUT2D eigenvalue weighted by molar-refractivity contribution is 6.00. The summed E-state index contributed by atoms with van der Waals surface area (Å²) in [5.74, 6) is 1.64. The Morgan fingerprint density at radius 2 is 2.08 bits per heavy atom. The van der Waals surface area contributed by atoms with E-state index in [9.17, 15) is 4.79 Å². The summed E-state index contributed by atoms with van der Waals surface area (Å²) in [7, 11) is 0. The van der Waals surface area contributed by atoms with E-state index in [0.29, 0.717) is 24.4 Å². The van der Waals surface area contributed by atoms with Crippen LogP contribution in [0.25, 0.3) is 22.2 Å². The van der Waals surface area contributed by atoms with Gasteiger partial charge >= 0.3 is 0 Å². The largest absolute Gasteiger partial charge is 0.491 e. The number of carbonyl (C=O) groups excluding carboxylic acids is 1. The summed E-state index contributed by atoms with van der Waals surface area (Å²) >= 11 is 0. The average molecular weight is 519 g/mol. The minimum Gasteiger partial charge on any atom is -0.491 e. The standard InChI is InChI=1S/C29H38N6O3/c1-29(2)9-8-22(38-29)16-37-21-6-3-5-19(13-21)23-15-35(28-25(23)26(30)32-17-33-28)20-11-18(12-20)14-34-10-4-7-24(34)27(31)36/h3,5-6,13,15,17-18,20,22,24H,4,7-12,14,16H2,1-2H3,(H2,31,36)(H2,30,32,33)/t18-,20-,22?,24-/m0/s1. The number of fused-ring (bicyclic) bond motifs is 1. The molecule has 2 saturated heterocycles. The quantitative estimate of drug-likeness (QED) is 0.464. The van der Waals surface area contributed by atoms with E-state index in [-0.39, 0.29) is 23.7 Å². The second-order valence-corrected chi connectivity index (χ2v) is 11.8. The normalized spacial score (nSPS) is 27.0. The van der Waals surface area contributed by atoms with E-state index >= 15 is 0 Å². The number of benzene rings is 1. The predicted molar refractivity (Wildman–Crippen MR) is 147 cm³/mol. The Morgan fingerprint density at radius 1 is 1.24 bits per heavy atom. The van der Waals surface area contributed by atoms with Crippen LogP contribution < -0.4 is 16.2 Å². The molecule has 2 aliphatic heterocycles. The van der Waals surface area contributed by atoms with E-state index < -0.39 is 0 Å². The van der Waals surface area contributed by atoms with E-state index in [1.54, 1.807) is 6.33 Å². The molecule has 1 unspecified atom stereocenters. The lowest BCUT2D eigenvalue weighted by Crippen LogP contribution is -2.44. The molecule has 38 heavy (non-hydrogen) atoms. The maximum absolute atomic E-state index is 11.8. The Morgan fingerprint density at radius 3 is 2.84 bits per heavy atom. The zero-order chi connectivity index (χ0) is 26.4. The molecule has 3 fully saturated rings. The smallest absolute Gasteiger partial charge is 0.234 e. The van der Waals surface area contributed by atoms with Crippen LogP contribution >= 0.6 is 0 Å². The molecule has 3 aliphatic rings. The molecule has 2 aromatic heterocycles. The van der Waals surface area contributed by atoms with Gasteiger partial charge in [-0.25, -0.2) is 9.97 Å². The maximum atomic E-state index is 11.8. The SMILES string of the molecule is CC1(C)CCC(COc2cccc(-c3cn([C@H]4C[C@H](CN5CCC[C@H]5C(N)=O)C4)c4ncnc(N)c34)c2)O1. The van der Waals surface area contributed by atoms with Gasteiger partial charge in [0.05, 0.1) is 23.1 Å². The van der Waals surface area contributed by atoms with Crippen LogP contribution in [0.2, 0.25) is 0 Å². The van der Waals surface area contributed by atoms with Gasteiger partial charge in [0.1, 0.15) is 30.1 Å². The van der Waals surface area contributed by atoms with Crippen molar-refractivity contribution in [2.75, 3.05) is 25.4 Å². The van der Waals surface area contributed by atoms with Gasteiger partial charge < -0.3 is 25.5 Å². The summed E-state index contributed by atoms with van der Waals surface area (Å²) in [6.07, 6.45) is 9.88. The molecular formula is C29H38N6O3. The lowest BCUT2D eigenvalue weighted by Gasteiger charge is -2.39. The number of ether oxygens (including phenoxy) is 2. The third-order valence-electron chi connectivity index (χ3n) is 8.56. The number of amides is 1. The van der Waals surface area contributed by atoms with Gasteiger partial charge in [0, 0.05) is 24.3 Å². The van der Waals surface area contributed by atoms with Crippen LogP contribution in [0, 0.1) is 5.92 Å². The second-order valence-electron chi connectivity index (χ2n) is 11.8. The zero-order valence-corrected chi connectivity index (χ0v) is 22.3. The van der Waals surface area contributed by atoms with Crippen LogP contribution in [0.3, 0.4) is 0 Å². The molecule has 0 bridgehead atoms. The van der Waals surface area contributed by atoms with Gasteiger partial charge in [-0.2, -0.15) is 0 Å². The topological polar surface area (TPSA) is 122 Å². The first-order valence-electron chi connectivity index (χ1n) is 13.8. The number of hydrogen-bond donors (Lipinski definition) is 2. The number of aromatic nitrogens is 3. The highest BCUT2D eigenvalue weighted by Gasteiger charge is 2.37. The van der Waals surface area contributed by atoms with Crippen molar-refractivity contribution in [3.05, 3.63) is 36.8 Å². The molecule has 0 spiro atoms. The molecule has 1 amide bonds. The molecule has 1 saturated carbocycles. The van der Waals surface area contributed by atoms with Crippen LogP contribution in [0.1, 0.15) is 58.4 Å². The van der Waals surface area contributed by atoms with Crippen molar-refractivity contribution < 1.29 is 14.3 Å². The Kier molecular flexibility index (Phi) is 6.52. The fourth-order valence-corrected chi connectivity index (χ4v) is 6.52. The molecular weight excluding hydrogens is 480 g/mol. The minimum atomic E-state index is -0.197. The molecule has 2 atom stereocenters. The predicted octanol–water partition coefficient (Wildman–Crippen LogP) is 3.92. The number of hydrogen-bond acceptors (Lipinski definition) is 7. The van der Waals surface area contributed by atoms with Gasteiger partial charge in [-0.15, -0.1) is 0 Å². The minimum absolute atomic E-state index is 0.0756. The molecule has 9 heteroatoms. The van der Waals surface area contributed by atoms with Gasteiger partial charge in [-0.05, 0) is 82.5 Å². The molecule has 202 valence electrons. The lowest BCUT2D eigenvalue weighted by atomic mass is 9.79. The maximum Gasteiger partial charge on any atom is 0.234 e. The van der Waals surface area contributed by atoms with E-state index in [1.165, 1.54) is 0 Å². The molecule has 0 radical (unpaired) electrons. The second kappa shape index (κ2) is 9.85. The third-order valence-corrected chi connectivity index (χ3v) is 8.56. The fraction of sp³-hybridized carbons (Fsp3) is 0.552. The summed E-state index contributed by atoms with van der Waals surface area (Å²) in [6, 6.07) is 8.36. The summed E-state index contributed by atoms with van der Waals surface area (Å²) in [6.45, 7) is 6.68. The zero-order valence-electron chi connectivity index (χ0n) is 22.3. The van der Waals surface area contributed by atoms with E-state index in [1.807, 2.05) is 12.1 Å². The van der Waals surface area contributed by atoms with Crippen LogP contribution in [0.4, 0.5) is 5.82 Å². The van der Waals surface area contributed by atoms with E-state index in [0.717, 1.165) is 79.5 Å². The number of anilines is 1. The number of carbonyl (C=O) groups is 1. The van der Waals surface area contributed by atoms with Crippen molar-refractivity contribution >= 4 is 22.8 Å². The van der Waals surface area contributed by atoms with Crippen molar-refractivity contribution in [1.29, 1.82) is 0 Å². The number of rotatable bonds is 8. The number of nitrogens with zero attached hydrogens (tertiary/aromatic N) is 4. The van der Waals surface area contributed by atoms with Crippen molar-refractivity contribution in [1.82, 2.24) is 19.4 Å². The van der Waals surface area contributed by atoms with E-state index in [4.69, 9.17) is 20.9 Å². The first kappa shape index (κ1) is 25.1. The Balaban J connectivity index is 1.19. The molecule has 3 aromatic rings. The first-order chi connectivity index (χ1) is 18.3. The highest BCUT2D eigenvalue weighted by Crippen LogP contribution is 2.44. The summed E-state index contributed by atoms with van der Waals surface area (Å²) in [4.78, 5) is 23.0. The van der Waals surface area contributed by atoms with Crippen LogP contribution in [0.15, 0.2) is 36.8 Å². The first-order valence-corrected chi connectivity index (χ1v) is 13.8. The summed E-state index contributed by atoms with van der Waals surface area (Å²) in [5, 5.41) is 0.877. The van der Waals surface area contributed by atoms with Gasteiger partial charge in [-0.3, -0.25) is 9.69 Å². The number of likely N-dealkylation sites (tertiary alicyclic amines) is 1. The molecule has 4 heterocycles. The van der Waals surface area contributed by atoms with Gasteiger partial charge in [0.15, 0.2) is 0 Å². The van der Waals surface area contributed by atoms with Crippen LogP contribution in [-0.4, -0.2) is 62.8 Å². The molecule has 9 nitrogen and oxygen atoms in total. The molecule has 1 aliphatic carbocycles. The van der Waals surface area contributed by atoms with Gasteiger partial charge in [0.2, 0.25) is 5.91 Å². The van der Waals surface area contributed by atoms with Crippen LogP contribution in [0.5, 0.6) is 5.75 Å². The van der Waals surface area contributed by atoms with Gasteiger partial charge in [-0.1, -0.05) is 12.1 Å².